The summed E-state index contributed by atoms with van der Waals surface area (Å²) in [5.74, 6) is -0.743. The molecule has 0 spiro atoms. The van der Waals surface area contributed by atoms with Crippen LogP contribution in [0.5, 0.6) is 0 Å². The Bertz CT molecular complexity index is 1590. The van der Waals surface area contributed by atoms with Crippen LogP contribution in [0.3, 0.4) is 0 Å². The maximum absolute atomic E-state index is 13.5. The Kier molecular flexibility index (Phi) is 6.87. The van der Waals surface area contributed by atoms with E-state index in [9.17, 15) is 30.8 Å². The molecule has 0 bridgehead atoms. The molecule has 0 unspecified atom stereocenters. The number of aryl methyl sites for hydroxylation is 1. The molecular weight excluding hydrogens is 522 g/mol. The average Bonchev–Trinajstić information content (AvgIpc) is 3.55. The SMILES string of the molecule is O=C(CCc1cccc(-c2ccc(C(F)(F)F)cc2)c1)[C@@H]1CCCN1S(=O)(=O)c1cc2cc(F)ccc2o1. The standard InChI is InChI=1S/C28H23F4NO4S/c29-23-11-13-26-21(16-23)17-27(37-26)38(35,36)33-14-2-5-24(33)25(34)12-6-18-3-1-4-20(15-18)19-7-9-22(10-8-19)28(30,31)32/h1,3-4,7-11,13,15-17,24H,2,5-6,12,14H2/t24-/m0/s1. The molecule has 5 nitrogen and oxygen atoms in total. The summed E-state index contributed by atoms with van der Waals surface area (Å²) < 4.78 is 85.3. The summed E-state index contributed by atoms with van der Waals surface area (Å²) in [5, 5.41) is -0.0133. The van der Waals surface area contributed by atoms with Crippen molar-refractivity contribution in [1.82, 2.24) is 4.31 Å². The molecule has 1 saturated heterocycles. The molecular formula is C28H23F4NO4S. The molecule has 0 aliphatic carbocycles. The van der Waals surface area contributed by atoms with Crippen LogP contribution in [0.25, 0.3) is 22.1 Å². The third kappa shape index (κ3) is 5.23. The van der Waals surface area contributed by atoms with Crippen molar-refractivity contribution < 1.29 is 35.2 Å². The van der Waals surface area contributed by atoms with Gasteiger partial charge >= 0.3 is 6.18 Å². The number of fused-ring (bicyclic) bond motifs is 1. The van der Waals surface area contributed by atoms with Gasteiger partial charge in [0.05, 0.1) is 11.6 Å². The Balaban J connectivity index is 1.28. The van der Waals surface area contributed by atoms with Crippen molar-refractivity contribution >= 4 is 26.8 Å². The molecule has 0 N–H and O–H groups in total. The third-order valence-electron chi connectivity index (χ3n) is 6.73. The Morgan fingerprint density at radius 1 is 0.974 bits per heavy atom. The summed E-state index contributed by atoms with van der Waals surface area (Å²) in [6, 6.07) is 16.2. The molecule has 1 aliphatic rings. The van der Waals surface area contributed by atoms with Gasteiger partial charge in [-0.25, -0.2) is 12.8 Å². The van der Waals surface area contributed by atoms with Gasteiger partial charge in [-0.2, -0.15) is 17.5 Å². The van der Waals surface area contributed by atoms with Crippen molar-refractivity contribution in [2.75, 3.05) is 6.54 Å². The number of hydrogen-bond acceptors (Lipinski definition) is 4. The van der Waals surface area contributed by atoms with Gasteiger partial charge in [0.25, 0.3) is 10.0 Å². The van der Waals surface area contributed by atoms with Crippen molar-refractivity contribution in [2.24, 2.45) is 0 Å². The van der Waals surface area contributed by atoms with E-state index in [1.807, 2.05) is 12.1 Å². The number of furan rings is 1. The number of halogens is 4. The molecule has 0 amide bonds. The molecule has 4 aromatic rings. The highest BCUT2D eigenvalue weighted by atomic mass is 32.2. The summed E-state index contributed by atoms with van der Waals surface area (Å²) in [6.45, 7) is 0.174. The number of ketones is 1. The number of benzene rings is 3. The Hall–Kier alpha value is -3.50. The number of carbonyl (C=O) groups is 1. The first-order valence-corrected chi connectivity index (χ1v) is 13.5. The molecule has 1 aromatic heterocycles. The predicted octanol–water partition coefficient (Wildman–Crippen LogP) is 6.61. The smallest absolute Gasteiger partial charge is 0.416 e. The second kappa shape index (κ2) is 9.99. The third-order valence-corrected chi connectivity index (χ3v) is 8.49. The monoisotopic (exact) mass is 545 g/mol. The van der Waals surface area contributed by atoms with E-state index in [1.54, 1.807) is 12.1 Å². The summed E-state index contributed by atoms with van der Waals surface area (Å²) in [6.07, 6.45) is -3.06. The van der Waals surface area contributed by atoms with E-state index in [1.165, 1.54) is 36.4 Å². The van der Waals surface area contributed by atoms with Crippen molar-refractivity contribution in [3.63, 3.8) is 0 Å². The highest BCUT2D eigenvalue weighted by molar-refractivity contribution is 7.89. The van der Waals surface area contributed by atoms with Crippen LogP contribution >= 0.6 is 0 Å². The van der Waals surface area contributed by atoms with Crippen LogP contribution in [0.1, 0.15) is 30.4 Å². The number of sulfonamides is 1. The summed E-state index contributed by atoms with van der Waals surface area (Å²) in [4.78, 5) is 13.1. The molecule has 1 fully saturated rings. The molecule has 0 radical (unpaired) electrons. The zero-order valence-electron chi connectivity index (χ0n) is 20.0. The normalized spacial score (nSPS) is 16.8. The molecule has 38 heavy (non-hydrogen) atoms. The topological polar surface area (TPSA) is 67.6 Å². The summed E-state index contributed by atoms with van der Waals surface area (Å²) in [5.41, 5.74) is 1.65. The van der Waals surface area contributed by atoms with Crippen LogP contribution in [0.15, 0.2) is 82.3 Å². The number of rotatable bonds is 7. The van der Waals surface area contributed by atoms with Crippen LogP contribution < -0.4 is 0 Å². The fraction of sp³-hybridized carbons (Fsp3) is 0.250. The van der Waals surface area contributed by atoms with Crippen LogP contribution in [-0.2, 0) is 27.4 Å². The predicted molar refractivity (Wildman–Crippen MR) is 133 cm³/mol. The Labute approximate surface area is 216 Å². The summed E-state index contributed by atoms with van der Waals surface area (Å²) in [7, 11) is -4.10. The first-order valence-electron chi connectivity index (χ1n) is 12.0. The summed E-state index contributed by atoms with van der Waals surface area (Å²) >= 11 is 0. The van der Waals surface area contributed by atoms with Gasteiger partial charge in [0.1, 0.15) is 11.4 Å². The molecule has 5 rings (SSSR count). The van der Waals surface area contributed by atoms with Gasteiger partial charge < -0.3 is 4.42 Å². The highest BCUT2D eigenvalue weighted by Gasteiger charge is 2.40. The second-order valence-electron chi connectivity index (χ2n) is 9.26. The maximum Gasteiger partial charge on any atom is 0.416 e. The lowest BCUT2D eigenvalue weighted by atomic mass is 9.98. The number of alkyl halides is 3. The average molecular weight is 546 g/mol. The van der Waals surface area contributed by atoms with Gasteiger partial charge in [-0.1, -0.05) is 36.4 Å². The molecule has 1 aliphatic heterocycles. The molecule has 0 saturated carbocycles. The first kappa shape index (κ1) is 26.1. The van der Waals surface area contributed by atoms with E-state index < -0.39 is 33.6 Å². The van der Waals surface area contributed by atoms with Gasteiger partial charge in [0.15, 0.2) is 5.78 Å². The van der Waals surface area contributed by atoms with Crippen molar-refractivity contribution in [3.05, 3.63) is 89.7 Å². The van der Waals surface area contributed by atoms with Gasteiger partial charge in [-0.15, -0.1) is 0 Å². The minimum Gasteiger partial charge on any atom is -0.443 e. The molecule has 2 heterocycles. The number of Topliss-reactive ketones (excluding diaryl/α,β-unsaturated/α-hetero) is 1. The lowest BCUT2D eigenvalue weighted by Crippen LogP contribution is -2.40. The molecule has 198 valence electrons. The fourth-order valence-electron chi connectivity index (χ4n) is 4.77. The van der Waals surface area contributed by atoms with Crippen LogP contribution in [0.2, 0.25) is 0 Å². The minimum absolute atomic E-state index is 0.0957. The maximum atomic E-state index is 13.5. The van der Waals surface area contributed by atoms with Crippen LogP contribution in [0.4, 0.5) is 17.6 Å². The van der Waals surface area contributed by atoms with Gasteiger partial charge in [0, 0.05) is 24.4 Å². The zero-order chi connectivity index (χ0) is 27.1. The second-order valence-corrected chi connectivity index (χ2v) is 11.1. The van der Waals surface area contributed by atoms with E-state index in [0.29, 0.717) is 30.2 Å². The Morgan fingerprint density at radius 3 is 2.47 bits per heavy atom. The van der Waals surface area contributed by atoms with Crippen molar-refractivity contribution in [1.29, 1.82) is 0 Å². The van der Waals surface area contributed by atoms with Crippen molar-refractivity contribution in [3.8, 4) is 11.1 Å². The quantitative estimate of drug-likeness (QED) is 0.245. The lowest BCUT2D eigenvalue weighted by molar-refractivity contribution is -0.137. The fourth-order valence-corrected chi connectivity index (χ4v) is 6.40. The molecule has 10 heteroatoms. The molecule has 3 aromatic carbocycles. The van der Waals surface area contributed by atoms with Crippen LogP contribution in [0, 0.1) is 5.82 Å². The van der Waals surface area contributed by atoms with Crippen LogP contribution in [-0.4, -0.2) is 31.1 Å². The van der Waals surface area contributed by atoms with E-state index in [-0.39, 0.29) is 29.4 Å². The van der Waals surface area contributed by atoms with E-state index >= 15 is 0 Å². The Morgan fingerprint density at radius 2 is 1.74 bits per heavy atom. The number of carbonyl (C=O) groups excluding carboxylic acids is 1. The first-order chi connectivity index (χ1) is 18.0. The minimum atomic E-state index is -4.41. The largest absolute Gasteiger partial charge is 0.443 e. The van der Waals surface area contributed by atoms with Gasteiger partial charge in [-0.3, -0.25) is 4.79 Å². The van der Waals surface area contributed by atoms with E-state index in [0.717, 1.165) is 27.6 Å². The van der Waals surface area contributed by atoms with Crippen molar-refractivity contribution in [2.45, 2.75) is 43.0 Å². The van der Waals surface area contributed by atoms with Gasteiger partial charge in [0.2, 0.25) is 5.09 Å². The van der Waals surface area contributed by atoms with Gasteiger partial charge in [-0.05, 0) is 66.3 Å². The number of hydrogen-bond donors (Lipinski definition) is 0. The lowest BCUT2D eigenvalue weighted by Gasteiger charge is -2.21. The molecule has 1 atom stereocenters. The van der Waals surface area contributed by atoms with E-state index in [2.05, 4.69) is 0 Å². The highest BCUT2D eigenvalue weighted by Crippen LogP contribution is 2.33. The number of nitrogens with zero attached hydrogens (tertiary/aromatic N) is 1. The van der Waals surface area contributed by atoms with E-state index in [4.69, 9.17) is 4.42 Å². The zero-order valence-corrected chi connectivity index (χ0v) is 20.9.